The predicted molar refractivity (Wildman–Crippen MR) is 95.0 cm³/mol. The van der Waals surface area contributed by atoms with Crippen molar-refractivity contribution in [3.63, 3.8) is 0 Å². The lowest BCUT2D eigenvalue weighted by molar-refractivity contribution is -0.162. The molecule has 0 N–H and O–H groups in total. The van der Waals surface area contributed by atoms with Crippen LogP contribution in [0.15, 0.2) is 0 Å². The smallest absolute Gasteiger partial charge is 0.332 e. The van der Waals surface area contributed by atoms with Crippen LogP contribution in [-0.2, 0) is 38.0 Å². The third-order valence-corrected chi connectivity index (χ3v) is 2.40. The van der Waals surface area contributed by atoms with Gasteiger partial charge in [0.15, 0.2) is 0 Å². The molecule has 0 aromatic carbocycles. The van der Waals surface area contributed by atoms with Gasteiger partial charge in [-0.05, 0) is 41.5 Å². The summed E-state index contributed by atoms with van der Waals surface area (Å²) in [5.41, 5.74) is -1.02. The highest BCUT2D eigenvalue weighted by Gasteiger charge is 2.16. The van der Waals surface area contributed by atoms with E-state index in [2.05, 4.69) is 0 Å². The molecular formula is C18H34O8. The van der Waals surface area contributed by atoms with E-state index in [1.807, 2.05) is 0 Å². The highest BCUT2D eigenvalue weighted by atomic mass is 16.6. The van der Waals surface area contributed by atoms with Gasteiger partial charge in [-0.15, -0.1) is 0 Å². The van der Waals surface area contributed by atoms with Crippen molar-refractivity contribution in [3.05, 3.63) is 0 Å². The lowest BCUT2D eigenvalue weighted by atomic mass is 10.2. The number of carbonyl (C=O) groups is 2. The molecule has 0 atom stereocenters. The molecule has 26 heavy (non-hydrogen) atoms. The number of hydrogen-bond acceptors (Lipinski definition) is 8. The molecule has 0 spiro atoms. The summed E-state index contributed by atoms with van der Waals surface area (Å²) in [5, 5.41) is 0. The van der Waals surface area contributed by atoms with Crippen LogP contribution in [0.1, 0.15) is 41.5 Å². The molecule has 0 saturated carbocycles. The zero-order valence-electron chi connectivity index (χ0n) is 16.9. The first-order chi connectivity index (χ1) is 12.0. The molecule has 8 nitrogen and oxygen atoms in total. The van der Waals surface area contributed by atoms with Gasteiger partial charge >= 0.3 is 11.9 Å². The molecular weight excluding hydrogens is 344 g/mol. The van der Waals surface area contributed by atoms with Crippen LogP contribution in [0.25, 0.3) is 0 Å². The molecule has 0 rings (SSSR count). The van der Waals surface area contributed by atoms with Crippen LogP contribution in [0.3, 0.4) is 0 Å². The van der Waals surface area contributed by atoms with Crippen LogP contribution in [0, 0.1) is 0 Å². The average Bonchev–Trinajstić information content (AvgIpc) is 2.44. The highest BCUT2D eigenvalue weighted by Crippen LogP contribution is 2.07. The lowest BCUT2D eigenvalue weighted by Crippen LogP contribution is -2.27. The molecule has 154 valence electrons. The Morgan fingerprint density at radius 3 is 1.08 bits per heavy atom. The van der Waals surface area contributed by atoms with E-state index in [9.17, 15) is 9.59 Å². The molecule has 0 radical (unpaired) electrons. The topological polar surface area (TPSA) is 89.5 Å². The van der Waals surface area contributed by atoms with E-state index in [4.69, 9.17) is 28.4 Å². The second-order valence-electron chi connectivity index (χ2n) is 7.50. The van der Waals surface area contributed by atoms with Gasteiger partial charge < -0.3 is 28.4 Å². The first-order valence-corrected chi connectivity index (χ1v) is 8.74. The number of carbonyl (C=O) groups excluding carboxylic acids is 2. The van der Waals surface area contributed by atoms with Crippen LogP contribution in [0.4, 0.5) is 0 Å². The summed E-state index contributed by atoms with van der Waals surface area (Å²) in [6.07, 6.45) is 0. The molecule has 0 aliphatic rings. The molecule has 8 heteroatoms. The van der Waals surface area contributed by atoms with Crippen LogP contribution >= 0.6 is 0 Å². The molecule has 0 saturated heterocycles. The molecule has 0 heterocycles. The summed E-state index contributed by atoms with van der Waals surface area (Å²) in [6, 6.07) is 0. The maximum atomic E-state index is 11.4. The molecule has 0 bridgehead atoms. The van der Waals surface area contributed by atoms with Gasteiger partial charge in [0.25, 0.3) is 0 Å². The SMILES string of the molecule is CC(C)(C)OC(=O)COCCOCCOCCOCC(=O)OC(C)(C)C. The maximum Gasteiger partial charge on any atom is 0.332 e. The average molecular weight is 378 g/mol. The first kappa shape index (κ1) is 24.8. The molecule has 0 amide bonds. The van der Waals surface area contributed by atoms with Crippen molar-refractivity contribution in [1.82, 2.24) is 0 Å². The Bertz CT molecular complexity index is 357. The van der Waals surface area contributed by atoms with Crippen LogP contribution in [-0.4, -0.2) is 76.0 Å². The monoisotopic (exact) mass is 378 g/mol. The number of esters is 2. The maximum absolute atomic E-state index is 11.4. The number of ether oxygens (including phenoxy) is 6. The minimum absolute atomic E-state index is 0.0912. The van der Waals surface area contributed by atoms with E-state index in [0.717, 1.165) is 0 Å². The summed E-state index contributed by atoms with van der Waals surface area (Å²) in [5.74, 6) is -0.792. The fourth-order valence-electron chi connectivity index (χ4n) is 1.61. The summed E-state index contributed by atoms with van der Waals surface area (Å²) >= 11 is 0. The largest absolute Gasteiger partial charge is 0.458 e. The summed E-state index contributed by atoms with van der Waals surface area (Å²) in [4.78, 5) is 22.8. The Balaban J connectivity index is 3.32. The Kier molecular flexibility index (Phi) is 12.4. The lowest BCUT2D eigenvalue weighted by Gasteiger charge is -2.19. The minimum atomic E-state index is -0.509. The predicted octanol–water partition coefficient (Wildman–Crippen LogP) is 1.74. The van der Waals surface area contributed by atoms with Gasteiger partial charge in [0.2, 0.25) is 0 Å². The first-order valence-electron chi connectivity index (χ1n) is 8.74. The Morgan fingerprint density at radius 1 is 0.538 bits per heavy atom. The van der Waals surface area contributed by atoms with Gasteiger partial charge in [-0.1, -0.05) is 0 Å². The summed E-state index contributed by atoms with van der Waals surface area (Å²) < 4.78 is 31.1. The second kappa shape index (κ2) is 13.0. The van der Waals surface area contributed by atoms with Crippen LogP contribution in [0.5, 0.6) is 0 Å². The number of rotatable bonds is 13. The minimum Gasteiger partial charge on any atom is -0.458 e. The van der Waals surface area contributed by atoms with Gasteiger partial charge in [-0.25, -0.2) is 9.59 Å². The van der Waals surface area contributed by atoms with Gasteiger partial charge in [0, 0.05) is 0 Å². The fourth-order valence-corrected chi connectivity index (χ4v) is 1.61. The van der Waals surface area contributed by atoms with Crippen molar-refractivity contribution in [1.29, 1.82) is 0 Å². The standard InChI is InChI=1S/C18H34O8/c1-17(2,3)25-15(19)13-23-11-9-21-7-8-22-10-12-24-14-16(20)26-18(4,5)6/h7-14H2,1-6H3. The zero-order chi connectivity index (χ0) is 20.1. The molecule has 0 aromatic heterocycles. The Hall–Kier alpha value is -1.22. The van der Waals surface area contributed by atoms with Crippen molar-refractivity contribution in [2.45, 2.75) is 52.7 Å². The van der Waals surface area contributed by atoms with E-state index in [-0.39, 0.29) is 13.2 Å². The van der Waals surface area contributed by atoms with Gasteiger partial charge in [-0.2, -0.15) is 0 Å². The highest BCUT2D eigenvalue weighted by molar-refractivity contribution is 5.71. The quantitative estimate of drug-likeness (QED) is 0.354. The second-order valence-corrected chi connectivity index (χ2v) is 7.50. The Morgan fingerprint density at radius 2 is 0.808 bits per heavy atom. The zero-order valence-corrected chi connectivity index (χ0v) is 16.9. The molecule has 0 aliphatic heterocycles. The normalized spacial score (nSPS) is 12.1. The van der Waals surface area contributed by atoms with E-state index >= 15 is 0 Å². The van der Waals surface area contributed by atoms with Crippen LogP contribution in [0.2, 0.25) is 0 Å². The molecule has 0 aromatic rings. The third-order valence-electron chi connectivity index (χ3n) is 2.40. The summed E-state index contributed by atoms with van der Waals surface area (Å²) in [7, 11) is 0. The van der Waals surface area contributed by atoms with E-state index in [1.54, 1.807) is 41.5 Å². The van der Waals surface area contributed by atoms with E-state index < -0.39 is 23.1 Å². The van der Waals surface area contributed by atoms with Gasteiger partial charge in [0.05, 0.1) is 39.6 Å². The molecule has 0 unspecified atom stereocenters. The summed E-state index contributed by atoms with van der Waals surface area (Å²) in [6.45, 7) is 12.8. The van der Waals surface area contributed by atoms with Crippen molar-refractivity contribution in [2.75, 3.05) is 52.9 Å². The fraction of sp³-hybridized carbons (Fsp3) is 0.889. The van der Waals surface area contributed by atoms with Crippen molar-refractivity contribution in [2.24, 2.45) is 0 Å². The van der Waals surface area contributed by atoms with E-state index in [1.165, 1.54) is 0 Å². The van der Waals surface area contributed by atoms with E-state index in [0.29, 0.717) is 39.6 Å². The number of hydrogen-bond donors (Lipinski definition) is 0. The van der Waals surface area contributed by atoms with Crippen molar-refractivity contribution >= 4 is 11.9 Å². The van der Waals surface area contributed by atoms with Gasteiger partial charge in [0.1, 0.15) is 24.4 Å². The van der Waals surface area contributed by atoms with Crippen LogP contribution < -0.4 is 0 Å². The third kappa shape index (κ3) is 19.1. The Labute approximate surface area is 156 Å². The molecule has 0 fully saturated rings. The van der Waals surface area contributed by atoms with Gasteiger partial charge in [-0.3, -0.25) is 0 Å². The van der Waals surface area contributed by atoms with Crippen molar-refractivity contribution in [3.8, 4) is 0 Å². The van der Waals surface area contributed by atoms with Crippen molar-refractivity contribution < 1.29 is 38.0 Å². The molecule has 0 aliphatic carbocycles.